The number of carbonyl (C=O) groups is 1. The molecule has 0 aliphatic heterocycles. The topological polar surface area (TPSA) is 50.4 Å². The van der Waals surface area contributed by atoms with Gasteiger partial charge in [0.1, 0.15) is 5.75 Å². The van der Waals surface area contributed by atoms with Crippen molar-refractivity contribution in [2.24, 2.45) is 0 Å². The Morgan fingerprint density at radius 3 is 2.60 bits per heavy atom. The van der Waals surface area contributed by atoms with Crippen LogP contribution < -0.4 is 15.4 Å². The lowest BCUT2D eigenvalue weighted by molar-refractivity contribution is -0.274. The van der Waals surface area contributed by atoms with Crippen LogP contribution in [0.2, 0.25) is 0 Å². The molecule has 0 heterocycles. The molecule has 0 saturated carbocycles. The number of rotatable bonds is 5. The molecule has 4 nitrogen and oxygen atoms in total. The van der Waals surface area contributed by atoms with E-state index in [2.05, 4.69) is 31.3 Å². The summed E-state index contributed by atoms with van der Waals surface area (Å²) in [7, 11) is 1.53. The Labute approximate surface area is 122 Å². The van der Waals surface area contributed by atoms with Crippen molar-refractivity contribution in [1.29, 1.82) is 0 Å². The van der Waals surface area contributed by atoms with Crippen LogP contribution in [0, 0.1) is 0 Å². The third-order valence-corrected chi connectivity index (χ3v) is 3.09. The van der Waals surface area contributed by atoms with Crippen LogP contribution in [-0.2, 0) is 11.3 Å². The Balaban J connectivity index is 2.66. The normalized spacial score (nSPS) is 12.9. The van der Waals surface area contributed by atoms with Crippen molar-refractivity contribution in [3.8, 4) is 5.75 Å². The van der Waals surface area contributed by atoms with Crippen LogP contribution in [0.4, 0.5) is 13.2 Å². The molecular weight excluding hydrogens is 341 g/mol. The van der Waals surface area contributed by atoms with Crippen molar-refractivity contribution in [3.05, 3.63) is 28.2 Å². The van der Waals surface area contributed by atoms with Crippen LogP contribution in [0.15, 0.2) is 22.7 Å². The summed E-state index contributed by atoms with van der Waals surface area (Å²) in [6.07, 6.45) is -4.73. The molecule has 1 rings (SSSR count). The standard InChI is InChI=1S/C12H14BrF3N2O2/c1-7(11(19)17-2)18-6-8-3-4-10(9(13)5-8)20-12(14,15)16/h3-5,7,18H,6H2,1-2H3,(H,17,19). The van der Waals surface area contributed by atoms with E-state index in [1.165, 1.54) is 25.2 Å². The summed E-state index contributed by atoms with van der Waals surface area (Å²) in [6.45, 7) is 2.04. The maximum Gasteiger partial charge on any atom is 0.573 e. The molecule has 0 aliphatic carbocycles. The van der Waals surface area contributed by atoms with Crippen molar-refractivity contribution in [2.45, 2.75) is 25.9 Å². The summed E-state index contributed by atoms with van der Waals surface area (Å²) >= 11 is 3.02. The molecule has 20 heavy (non-hydrogen) atoms. The van der Waals surface area contributed by atoms with E-state index in [0.717, 1.165) is 5.56 Å². The number of likely N-dealkylation sites (N-methyl/N-ethyl adjacent to an activating group) is 1. The van der Waals surface area contributed by atoms with Gasteiger partial charge >= 0.3 is 6.36 Å². The second-order valence-corrected chi connectivity index (χ2v) is 4.88. The maximum absolute atomic E-state index is 12.1. The molecule has 1 aromatic rings. The van der Waals surface area contributed by atoms with Crippen molar-refractivity contribution >= 4 is 21.8 Å². The lowest BCUT2D eigenvalue weighted by Gasteiger charge is -2.14. The van der Waals surface area contributed by atoms with E-state index in [4.69, 9.17) is 0 Å². The average Bonchev–Trinajstić information content (AvgIpc) is 2.36. The molecule has 0 bridgehead atoms. The van der Waals surface area contributed by atoms with E-state index >= 15 is 0 Å². The highest BCUT2D eigenvalue weighted by Crippen LogP contribution is 2.31. The number of hydrogen-bond donors (Lipinski definition) is 2. The number of halogens is 4. The molecular formula is C12H14BrF3N2O2. The number of alkyl halides is 3. The van der Waals surface area contributed by atoms with Gasteiger partial charge in [0.25, 0.3) is 0 Å². The zero-order valence-corrected chi connectivity index (χ0v) is 12.4. The van der Waals surface area contributed by atoms with Crippen molar-refractivity contribution in [2.75, 3.05) is 7.05 Å². The van der Waals surface area contributed by atoms with Gasteiger partial charge in [-0.15, -0.1) is 13.2 Å². The molecule has 8 heteroatoms. The molecule has 0 spiro atoms. The van der Waals surface area contributed by atoms with Crippen molar-refractivity contribution in [3.63, 3.8) is 0 Å². The largest absolute Gasteiger partial charge is 0.573 e. The predicted molar refractivity (Wildman–Crippen MR) is 71.2 cm³/mol. The van der Waals surface area contributed by atoms with Gasteiger partial charge in [-0.05, 0) is 40.5 Å². The minimum atomic E-state index is -4.73. The number of benzene rings is 1. The molecule has 0 aliphatic rings. The van der Waals surface area contributed by atoms with Crippen LogP contribution in [0.1, 0.15) is 12.5 Å². The number of hydrogen-bond acceptors (Lipinski definition) is 3. The van der Waals surface area contributed by atoms with E-state index in [1.54, 1.807) is 6.92 Å². The monoisotopic (exact) mass is 354 g/mol. The van der Waals surface area contributed by atoms with Gasteiger partial charge in [-0.3, -0.25) is 4.79 Å². The molecule has 1 unspecified atom stereocenters. The third-order valence-electron chi connectivity index (χ3n) is 2.47. The first-order chi connectivity index (χ1) is 9.23. The van der Waals surface area contributed by atoms with Gasteiger partial charge in [0.05, 0.1) is 10.5 Å². The number of carbonyl (C=O) groups excluding carboxylic acids is 1. The minimum absolute atomic E-state index is 0.166. The zero-order valence-electron chi connectivity index (χ0n) is 10.8. The number of ether oxygens (including phenoxy) is 1. The molecule has 1 amide bonds. The van der Waals surface area contributed by atoms with E-state index in [1.807, 2.05) is 0 Å². The average molecular weight is 355 g/mol. The second kappa shape index (κ2) is 6.94. The van der Waals surface area contributed by atoms with Gasteiger partial charge in [-0.25, -0.2) is 0 Å². The van der Waals surface area contributed by atoms with E-state index in [0.29, 0.717) is 6.54 Å². The van der Waals surface area contributed by atoms with Crippen molar-refractivity contribution < 1.29 is 22.7 Å². The highest BCUT2D eigenvalue weighted by atomic mass is 79.9. The van der Waals surface area contributed by atoms with Crippen LogP contribution >= 0.6 is 15.9 Å². The Morgan fingerprint density at radius 2 is 2.10 bits per heavy atom. The molecule has 2 N–H and O–H groups in total. The highest BCUT2D eigenvalue weighted by Gasteiger charge is 2.31. The van der Waals surface area contributed by atoms with Gasteiger partial charge < -0.3 is 15.4 Å². The summed E-state index contributed by atoms with van der Waals surface area (Å²) < 4.78 is 40.3. The summed E-state index contributed by atoms with van der Waals surface area (Å²) in [4.78, 5) is 11.3. The molecule has 0 fully saturated rings. The lowest BCUT2D eigenvalue weighted by atomic mass is 10.2. The van der Waals surface area contributed by atoms with Gasteiger partial charge in [-0.2, -0.15) is 0 Å². The van der Waals surface area contributed by atoms with Gasteiger partial charge in [0.15, 0.2) is 0 Å². The SMILES string of the molecule is CNC(=O)C(C)NCc1ccc(OC(F)(F)F)c(Br)c1. The first-order valence-electron chi connectivity index (χ1n) is 5.72. The van der Waals surface area contributed by atoms with Gasteiger partial charge in [0, 0.05) is 13.6 Å². The minimum Gasteiger partial charge on any atom is -0.405 e. The van der Waals surface area contributed by atoms with Gasteiger partial charge in [0.2, 0.25) is 5.91 Å². The molecule has 0 radical (unpaired) electrons. The molecule has 112 valence electrons. The quantitative estimate of drug-likeness (QED) is 0.854. The predicted octanol–water partition coefficient (Wildman–Crippen LogP) is 2.57. The van der Waals surface area contributed by atoms with Crippen LogP contribution in [0.5, 0.6) is 5.75 Å². The van der Waals surface area contributed by atoms with Gasteiger partial charge in [-0.1, -0.05) is 6.07 Å². The zero-order chi connectivity index (χ0) is 15.3. The lowest BCUT2D eigenvalue weighted by Crippen LogP contribution is -2.40. The Bertz CT molecular complexity index is 480. The molecule has 0 aromatic heterocycles. The van der Waals surface area contributed by atoms with E-state index in [9.17, 15) is 18.0 Å². The summed E-state index contributed by atoms with van der Waals surface area (Å²) in [6, 6.07) is 3.82. The number of amides is 1. The van der Waals surface area contributed by atoms with Crippen LogP contribution in [-0.4, -0.2) is 25.4 Å². The summed E-state index contributed by atoms with van der Waals surface area (Å²) in [5, 5.41) is 5.44. The van der Waals surface area contributed by atoms with E-state index < -0.39 is 12.4 Å². The molecule has 0 saturated heterocycles. The Morgan fingerprint density at radius 1 is 1.45 bits per heavy atom. The highest BCUT2D eigenvalue weighted by molar-refractivity contribution is 9.10. The van der Waals surface area contributed by atoms with Crippen LogP contribution in [0.3, 0.4) is 0 Å². The summed E-state index contributed by atoms with van der Waals surface area (Å²) in [5.41, 5.74) is 0.724. The Hall–Kier alpha value is -1.28. The van der Waals surface area contributed by atoms with Crippen molar-refractivity contribution in [1.82, 2.24) is 10.6 Å². The number of nitrogens with one attached hydrogen (secondary N) is 2. The maximum atomic E-state index is 12.1. The van der Waals surface area contributed by atoms with E-state index in [-0.39, 0.29) is 16.1 Å². The fourth-order valence-electron chi connectivity index (χ4n) is 1.44. The second-order valence-electron chi connectivity index (χ2n) is 4.03. The first-order valence-corrected chi connectivity index (χ1v) is 6.51. The molecule has 1 atom stereocenters. The smallest absolute Gasteiger partial charge is 0.405 e. The third kappa shape index (κ3) is 5.38. The fraction of sp³-hybridized carbons (Fsp3) is 0.417. The molecule has 1 aromatic carbocycles. The first kappa shape index (κ1) is 16.8. The fourth-order valence-corrected chi connectivity index (χ4v) is 1.95. The summed E-state index contributed by atoms with van der Waals surface area (Å²) in [5.74, 6) is -0.471. The Kier molecular flexibility index (Phi) is 5.82. The van der Waals surface area contributed by atoms with Crippen LogP contribution in [0.25, 0.3) is 0 Å².